The van der Waals surface area contributed by atoms with Gasteiger partial charge < -0.3 is 15.2 Å². The number of halogens is 2. The van der Waals surface area contributed by atoms with Crippen LogP contribution in [0.3, 0.4) is 0 Å². The van der Waals surface area contributed by atoms with Gasteiger partial charge in [-0.05, 0) is 0 Å². The smallest absolute Gasteiger partial charge is 0.167 e. The van der Waals surface area contributed by atoms with Crippen LogP contribution in [0.25, 0.3) is 0 Å². The highest BCUT2D eigenvalue weighted by Crippen LogP contribution is 2.25. The van der Waals surface area contributed by atoms with Crippen LogP contribution in [0.15, 0.2) is 12.1 Å². The fraction of sp³-hybridized carbons (Fsp3) is 0.500. The van der Waals surface area contributed by atoms with Gasteiger partial charge in [-0.15, -0.1) is 0 Å². The van der Waals surface area contributed by atoms with Gasteiger partial charge in [-0.2, -0.15) is 0 Å². The Kier molecular flexibility index (Phi) is 4.28. The fourth-order valence-electron chi connectivity index (χ4n) is 1.21. The monoisotopic (exact) mass is 245 g/mol. The lowest BCUT2D eigenvalue weighted by Crippen LogP contribution is -2.27. The topological polar surface area (TPSA) is 41.5 Å². The molecule has 1 rings (SSSR count). The zero-order chi connectivity index (χ0) is 13.1. The molecule has 0 atom stereocenters. The zero-order valence-corrected chi connectivity index (χ0v) is 10.2. The quantitative estimate of drug-likeness (QED) is 0.837. The first kappa shape index (κ1) is 13.7. The molecule has 0 bridgehead atoms. The van der Waals surface area contributed by atoms with Crippen molar-refractivity contribution in [3.63, 3.8) is 0 Å². The summed E-state index contributed by atoms with van der Waals surface area (Å²) in [5.74, 6) is -1.34. The first-order valence-electron chi connectivity index (χ1n) is 5.27. The lowest BCUT2D eigenvalue weighted by molar-refractivity contribution is 0.170. The molecule has 0 unspecified atom stereocenters. The van der Waals surface area contributed by atoms with Gasteiger partial charge in [0.15, 0.2) is 11.6 Å². The first-order valence-corrected chi connectivity index (χ1v) is 5.27. The van der Waals surface area contributed by atoms with Gasteiger partial charge in [-0.3, -0.25) is 0 Å². The molecule has 0 fully saturated rings. The molecule has 2 N–H and O–H groups in total. The number of anilines is 1. The van der Waals surface area contributed by atoms with E-state index in [2.05, 4.69) is 10.1 Å². The van der Waals surface area contributed by atoms with Gasteiger partial charge in [0.05, 0.1) is 12.8 Å². The van der Waals surface area contributed by atoms with E-state index in [0.717, 1.165) is 12.1 Å². The van der Waals surface area contributed by atoms with Crippen molar-refractivity contribution in [1.29, 1.82) is 0 Å². The number of benzene rings is 1. The molecule has 0 aromatic heterocycles. The summed E-state index contributed by atoms with van der Waals surface area (Å²) in [5, 5.41) is 11.8. The molecule has 0 saturated carbocycles. The van der Waals surface area contributed by atoms with Crippen LogP contribution < -0.4 is 10.1 Å². The molecule has 96 valence electrons. The Balaban J connectivity index is 2.82. The molecular formula is C12H17F2NO2. The summed E-state index contributed by atoms with van der Waals surface area (Å²) in [6.07, 6.45) is 0. The van der Waals surface area contributed by atoms with Crippen molar-refractivity contribution < 1.29 is 18.6 Å². The van der Waals surface area contributed by atoms with Gasteiger partial charge in [-0.1, -0.05) is 13.8 Å². The Bertz CT molecular complexity index is 394. The van der Waals surface area contributed by atoms with Crippen LogP contribution in [0, 0.1) is 17.0 Å². The second kappa shape index (κ2) is 5.31. The largest absolute Gasteiger partial charge is 0.494 e. The van der Waals surface area contributed by atoms with Crippen LogP contribution in [0.5, 0.6) is 5.75 Å². The number of hydrogen-bond acceptors (Lipinski definition) is 3. The SMILES string of the molecule is COc1cc(F)c(NCC(C)(C)CO)cc1F. The molecule has 1 aromatic rings. The van der Waals surface area contributed by atoms with Crippen LogP contribution >= 0.6 is 0 Å². The average Bonchev–Trinajstić information content (AvgIpc) is 2.29. The lowest BCUT2D eigenvalue weighted by Gasteiger charge is -2.22. The number of methoxy groups -OCH3 is 1. The van der Waals surface area contributed by atoms with Crippen LogP contribution in [-0.4, -0.2) is 25.4 Å². The number of rotatable bonds is 5. The highest BCUT2D eigenvalue weighted by Gasteiger charge is 2.17. The molecule has 1 aromatic carbocycles. The van der Waals surface area contributed by atoms with Crippen molar-refractivity contribution in [3.8, 4) is 5.75 Å². The van der Waals surface area contributed by atoms with Crippen molar-refractivity contribution in [2.24, 2.45) is 5.41 Å². The first-order chi connectivity index (χ1) is 7.89. The van der Waals surface area contributed by atoms with E-state index in [1.54, 1.807) is 0 Å². The van der Waals surface area contributed by atoms with Crippen molar-refractivity contribution in [2.45, 2.75) is 13.8 Å². The molecule has 0 aliphatic heterocycles. The van der Waals surface area contributed by atoms with Gasteiger partial charge in [0.25, 0.3) is 0 Å². The molecule has 0 aliphatic rings. The summed E-state index contributed by atoms with van der Waals surface area (Å²) >= 11 is 0. The lowest BCUT2D eigenvalue weighted by atomic mass is 9.95. The fourth-order valence-corrected chi connectivity index (χ4v) is 1.21. The predicted octanol–water partition coefficient (Wildman–Crippen LogP) is 2.40. The minimum absolute atomic E-state index is 0.0414. The van der Waals surface area contributed by atoms with Gasteiger partial charge in [0.1, 0.15) is 5.82 Å². The molecule has 3 nitrogen and oxygen atoms in total. The number of hydrogen-bond donors (Lipinski definition) is 2. The van der Waals surface area contributed by atoms with E-state index in [0.29, 0.717) is 6.54 Å². The molecule has 0 amide bonds. The normalized spacial score (nSPS) is 11.4. The average molecular weight is 245 g/mol. The number of ether oxygens (including phenoxy) is 1. The van der Waals surface area contributed by atoms with E-state index in [1.165, 1.54) is 7.11 Å². The van der Waals surface area contributed by atoms with Crippen LogP contribution in [0.1, 0.15) is 13.8 Å². The van der Waals surface area contributed by atoms with Gasteiger partial charge >= 0.3 is 0 Å². The highest BCUT2D eigenvalue weighted by atomic mass is 19.1. The summed E-state index contributed by atoms with van der Waals surface area (Å²) in [4.78, 5) is 0. The third-order valence-electron chi connectivity index (χ3n) is 2.43. The second-order valence-corrected chi connectivity index (χ2v) is 4.64. The van der Waals surface area contributed by atoms with E-state index in [4.69, 9.17) is 5.11 Å². The van der Waals surface area contributed by atoms with Gasteiger partial charge in [-0.25, -0.2) is 8.78 Å². The maximum atomic E-state index is 13.5. The van der Waals surface area contributed by atoms with Crippen LogP contribution in [0.2, 0.25) is 0 Å². The van der Waals surface area contributed by atoms with E-state index < -0.39 is 17.0 Å². The Morgan fingerprint density at radius 3 is 2.47 bits per heavy atom. The summed E-state index contributed by atoms with van der Waals surface area (Å²) in [6, 6.07) is 2.03. The molecule has 0 aliphatic carbocycles. The maximum Gasteiger partial charge on any atom is 0.167 e. The van der Waals surface area contributed by atoms with Gasteiger partial charge in [0, 0.05) is 30.7 Å². The Hall–Kier alpha value is -1.36. The Labute approximate surface area is 99.4 Å². The zero-order valence-electron chi connectivity index (χ0n) is 10.2. The van der Waals surface area contributed by atoms with Crippen molar-refractivity contribution in [3.05, 3.63) is 23.8 Å². The summed E-state index contributed by atoms with van der Waals surface area (Å²) in [7, 11) is 1.28. The number of aliphatic hydroxyl groups is 1. The summed E-state index contributed by atoms with van der Waals surface area (Å²) in [6.45, 7) is 3.93. The van der Waals surface area contributed by atoms with Crippen LogP contribution in [-0.2, 0) is 0 Å². The second-order valence-electron chi connectivity index (χ2n) is 4.64. The van der Waals surface area contributed by atoms with Crippen molar-refractivity contribution >= 4 is 5.69 Å². The third kappa shape index (κ3) is 3.56. The van der Waals surface area contributed by atoms with E-state index in [1.807, 2.05) is 13.8 Å². The van der Waals surface area contributed by atoms with Crippen LogP contribution in [0.4, 0.5) is 14.5 Å². The minimum atomic E-state index is -0.627. The Morgan fingerprint density at radius 2 is 1.94 bits per heavy atom. The van der Waals surface area contributed by atoms with E-state index in [-0.39, 0.29) is 18.0 Å². The molecule has 0 spiro atoms. The van der Waals surface area contributed by atoms with Crippen molar-refractivity contribution in [1.82, 2.24) is 0 Å². The molecule has 0 radical (unpaired) electrons. The molecule has 5 heteroatoms. The third-order valence-corrected chi connectivity index (χ3v) is 2.43. The molecule has 17 heavy (non-hydrogen) atoms. The molecular weight excluding hydrogens is 228 g/mol. The summed E-state index contributed by atoms with van der Waals surface area (Å²) < 4.78 is 31.5. The Morgan fingerprint density at radius 1 is 1.29 bits per heavy atom. The minimum Gasteiger partial charge on any atom is -0.494 e. The molecule has 0 heterocycles. The van der Waals surface area contributed by atoms with Gasteiger partial charge in [0.2, 0.25) is 0 Å². The molecule has 0 saturated heterocycles. The number of aliphatic hydroxyl groups excluding tert-OH is 1. The van der Waals surface area contributed by atoms with Crippen molar-refractivity contribution in [2.75, 3.05) is 25.6 Å². The van der Waals surface area contributed by atoms with E-state index in [9.17, 15) is 8.78 Å². The van der Waals surface area contributed by atoms with E-state index >= 15 is 0 Å². The maximum absolute atomic E-state index is 13.5. The number of nitrogens with one attached hydrogen (secondary N) is 1. The highest BCUT2D eigenvalue weighted by molar-refractivity contribution is 5.49. The summed E-state index contributed by atoms with van der Waals surface area (Å²) in [5.41, 5.74) is -0.340. The predicted molar refractivity (Wildman–Crippen MR) is 62.3 cm³/mol. The standard InChI is InChI=1S/C12H17F2NO2/c1-12(2,7-16)6-15-10-4-9(14)11(17-3)5-8(10)13/h4-5,15-16H,6-7H2,1-3H3.